The van der Waals surface area contributed by atoms with Gasteiger partial charge in [0, 0.05) is 13.6 Å². The predicted octanol–water partition coefficient (Wildman–Crippen LogP) is 4.33. The summed E-state index contributed by atoms with van der Waals surface area (Å²) in [5.74, 6) is 1.44. The molecule has 4 nitrogen and oxygen atoms in total. The zero-order chi connectivity index (χ0) is 15.4. The molecule has 1 aromatic heterocycles. The van der Waals surface area contributed by atoms with Gasteiger partial charge in [-0.05, 0) is 61.0 Å². The van der Waals surface area contributed by atoms with Gasteiger partial charge in [0.1, 0.15) is 6.10 Å². The van der Waals surface area contributed by atoms with Crippen LogP contribution in [0, 0.1) is 12.8 Å². The summed E-state index contributed by atoms with van der Waals surface area (Å²) in [7, 11) is 2.00. The number of aromatic nitrogens is 1. The maximum absolute atomic E-state index is 6.04. The van der Waals surface area contributed by atoms with E-state index in [-0.39, 0.29) is 0 Å². The minimum atomic E-state index is 0.295. The second-order valence-corrected chi connectivity index (χ2v) is 6.71. The molecule has 1 aliphatic rings. The van der Waals surface area contributed by atoms with Crippen molar-refractivity contribution in [2.75, 3.05) is 13.6 Å². The summed E-state index contributed by atoms with van der Waals surface area (Å²) in [5.41, 5.74) is 1.76. The first kappa shape index (κ1) is 16.3. The SMILES string of the molecule is CCN(C)/C=N/c1cc(Br)c(O[C@H]2CC[C@@H](C)C2)nc1C. The number of aryl methyl sites for hydroxylation is 1. The van der Waals surface area contributed by atoms with Gasteiger partial charge in [0.15, 0.2) is 0 Å². The van der Waals surface area contributed by atoms with Crippen LogP contribution in [0.2, 0.25) is 0 Å². The summed E-state index contributed by atoms with van der Waals surface area (Å²) in [4.78, 5) is 11.1. The molecule has 2 rings (SSSR count). The lowest BCUT2D eigenvalue weighted by atomic mass is 10.1. The van der Waals surface area contributed by atoms with Gasteiger partial charge in [-0.2, -0.15) is 0 Å². The molecule has 1 aromatic rings. The molecule has 1 aliphatic carbocycles. The summed E-state index contributed by atoms with van der Waals surface area (Å²) in [5, 5.41) is 0. The monoisotopic (exact) mass is 353 g/mol. The molecule has 5 heteroatoms. The molecule has 116 valence electrons. The van der Waals surface area contributed by atoms with Crippen molar-refractivity contribution in [2.45, 2.75) is 46.1 Å². The molecule has 0 amide bonds. The van der Waals surface area contributed by atoms with Gasteiger partial charge in [-0.15, -0.1) is 0 Å². The van der Waals surface area contributed by atoms with E-state index in [0.29, 0.717) is 12.0 Å². The number of hydrogen-bond donors (Lipinski definition) is 0. The minimum Gasteiger partial charge on any atom is -0.474 e. The summed E-state index contributed by atoms with van der Waals surface area (Å²) in [6.45, 7) is 7.26. The van der Waals surface area contributed by atoms with E-state index in [1.807, 2.05) is 31.3 Å². The van der Waals surface area contributed by atoms with E-state index in [1.54, 1.807) is 0 Å². The van der Waals surface area contributed by atoms with Crippen LogP contribution in [0.4, 0.5) is 5.69 Å². The molecule has 0 N–H and O–H groups in total. The van der Waals surface area contributed by atoms with E-state index in [9.17, 15) is 0 Å². The van der Waals surface area contributed by atoms with Crippen LogP contribution < -0.4 is 4.74 Å². The fourth-order valence-corrected chi connectivity index (χ4v) is 2.82. The van der Waals surface area contributed by atoms with E-state index in [2.05, 4.69) is 39.8 Å². The van der Waals surface area contributed by atoms with Crippen LogP contribution in [0.25, 0.3) is 0 Å². The molecule has 1 heterocycles. The summed E-state index contributed by atoms with van der Waals surface area (Å²) < 4.78 is 6.91. The van der Waals surface area contributed by atoms with E-state index < -0.39 is 0 Å². The first-order valence-corrected chi connectivity index (χ1v) is 8.37. The summed E-state index contributed by atoms with van der Waals surface area (Å²) in [6.07, 6.45) is 5.61. The molecule has 0 saturated heterocycles. The normalized spacial score (nSPS) is 22.0. The summed E-state index contributed by atoms with van der Waals surface area (Å²) in [6, 6.07) is 1.98. The van der Waals surface area contributed by atoms with Gasteiger partial charge in [-0.3, -0.25) is 0 Å². The predicted molar refractivity (Wildman–Crippen MR) is 90.6 cm³/mol. The Bertz CT molecular complexity index is 518. The van der Waals surface area contributed by atoms with Crippen molar-refractivity contribution in [2.24, 2.45) is 10.9 Å². The Morgan fingerprint density at radius 3 is 2.90 bits per heavy atom. The fourth-order valence-electron chi connectivity index (χ4n) is 2.42. The van der Waals surface area contributed by atoms with Gasteiger partial charge >= 0.3 is 0 Å². The maximum Gasteiger partial charge on any atom is 0.228 e. The average Bonchev–Trinajstić information content (AvgIpc) is 2.86. The zero-order valence-corrected chi connectivity index (χ0v) is 14.9. The third-order valence-electron chi connectivity index (χ3n) is 3.93. The topological polar surface area (TPSA) is 37.7 Å². The lowest BCUT2D eigenvalue weighted by molar-refractivity contribution is 0.195. The largest absolute Gasteiger partial charge is 0.474 e. The van der Waals surface area contributed by atoms with Crippen molar-refractivity contribution in [3.8, 4) is 5.88 Å². The second kappa shape index (κ2) is 7.25. The van der Waals surface area contributed by atoms with Gasteiger partial charge in [0.25, 0.3) is 0 Å². The number of halogens is 1. The van der Waals surface area contributed by atoms with Crippen LogP contribution in [-0.4, -0.2) is 35.9 Å². The van der Waals surface area contributed by atoms with Gasteiger partial charge < -0.3 is 9.64 Å². The Labute approximate surface area is 135 Å². The van der Waals surface area contributed by atoms with E-state index in [4.69, 9.17) is 4.74 Å². The Kier molecular flexibility index (Phi) is 5.62. The van der Waals surface area contributed by atoms with E-state index in [1.165, 1.54) is 6.42 Å². The highest BCUT2D eigenvalue weighted by molar-refractivity contribution is 9.10. The van der Waals surface area contributed by atoms with Crippen molar-refractivity contribution in [3.05, 3.63) is 16.2 Å². The Morgan fingerprint density at radius 2 is 2.29 bits per heavy atom. The molecular formula is C16H24BrN3O. The molecular weight excluding hydrogens is 330 g/mol. The zero-order valence-electron chi connectivity index (χ0n) is 13.3. The molecule has 0 spiro atoms. The Balaban J connectivity index is 2.11. The summed E-state index contributed by atoms with van der Waals surface area (Å²) >= 11 is 3.55. The quantitative estimate of drug-likeness (QED) is 0.583. The third-order valence-corrected chi connectivity index (χ3v) is 4.49. The van der Waals surface area contributed by atoms with Gasteiger partial charge in [0.2, 0.25) is 5.88 Å². The molecule has 1 fully saturated rings. The molecule has 0 unspecified atom stereocenters. The number of rotatable bonds is 5. The number of hydrogen-bond acceptors (Lipinski definition) is 3. The molecule has 2 atom stereocenters. The maximum atomic E-state index is 6.04. The van der Waals surface area contributed by atoms with E-state index in [0.717, 1.165) is 41.2 Å². The highest BCUT2D eigenvalue weighted by Crippen LogP contribution is 2.34. The lowest BCUT2D eigenvalue weighted by Gasteiger charge is -2.15. The Morgan fingerprint density at radius 1 is 1.52 bits per heavy atom. The first-order valence-electron chi connectivity index (χ1n) is 7.57. The van der Waals surface area contributed by atoms with Crippen molar-refractivity contribution >= 4 is 28.0 Å². The number of ether oxygens (including phenoxy) is 1. The number of aliphatic imine (C=N–C) groups is 1. The number of pyridine rings is 1. The van der Waals surface area contributed by atoms with Gasteiger partial charge in [-0.1, -0.05) is 6.92 Å². The first-order chi connectivity index (χ1) is 9.99. The fraction of sp³-hybridized carbons (Fsp3) is 0.625. The highest BCUT2D eigenvalue weighted by atomic mass is 79.9. The van der Waals surface area contributed by atoms with Crippen LogP contribution in [-0.2, 0) is 0 Å². The van der Waals surface area contributed by atoms with Crippen LogP contribution in [0.1, 0.15) is 38.8 Å². The van der Waals surface area contributed by atoms with Crippen LogP contribution >= 0.6 is 15.9 Å². The van der Waals surface area contributed by atoms with Gasteiger partial charge in [-0.25, -0.2) is 9.98 Å². The molecule has 21 heavy (non-hydrogen) atoms. The van der Waals surface area contributed by atoms with Gasteiger partial charge in [0.05, 0.1) is 22.2 Å². The molecule has 0 radical (unpaired) electrons. The average molecular weight is 354 g/mol. The smallest absolute Gasteiger partial charge is 0.228 e. The van der Waals surface area contributed by atoms with Crippen LogP contribution in [0.15, 0.2) is 15.5 Å². The van der Waals surface area contributed by atoms with Crippen LogP contribution in [0.3, 0.4) is 0 Å². The van der Waals surface area contributed by atoms with Crippen molar-refractivity contribution in [1.29, 1.82) is 0 Å². The van der Waals surface area contributed by atoms with Crippen molar-refractivity contribution < 1.29 is 4.74 Å². The molecule has 0 aliphatic heterocycles. The number of nitrogens with zero attached hydrogens (tertiary/aromatic N) is 3. The van der Waals surface area contributed by atoms with Crippen LogP contribution in [0.5, 0.6) is 5.88 Å². The minimum absolute atomic E-state index is 0.295. The standard InChI is InChI=1S/C16H24BrN3O/c1-5-20(4)10-18-15-9-14(17)16(19-12(15)3)21-13-7-6-11(2)8-13/h9-11,13H,5-8H2,1-4H3/b18-10+/t11-,13+/m1/s1. The molecule has 0 bridgehead atoms. The van der Waals surface area contributed by atoms with Crippen molar-refractivity contribution in [1.82, 2.24) is 9.88 Å². The second-order valence-electron chi connectivity index (χ2n) is 5.86. The van der Waals surface area contributed by atoms with E-state index >= 15 is 0 Å². The highest BCUT2D eigenvalue weighted by Gasteiger charge is 2.24. The molecule has 1 saturated carbocycles. The third kappa shape index (κ3) is 4.43. The van der Waals surface area contributed by atoms with Crippen molar-refractivity contribution in [3.63, 3.8) is 0 Å². The Hall–Kier alpha value is -1.10. The lowest BCUT2D eigenvalue weighted by Crippen LogP contribution is -2.14. The molecule has 0 aromatic carbocycles.